The number of anilines is 1. The smallest absolute Gasteiger partial charge is 0.233 e. The molecule has 27 heavy (non-hydrogen) atoms. The number of thiophene rings is 1. The van der Waals surface area contributed by atoms with Crippen molar-refractivity contribution in [3.8, 4) is 0 Å². The molecule has 0 bridgehead atoms. The van der Waals surface area contributed by atoms with E-state index in [1.165, 1.54) is 16.6 Å². The topological polar surface area (TPSA) is 90.9 Å². The summed E-state index contributed by atoms with van der Waals surface area (Å²) in [6, 6.07) is 5.90. The molecule has 4 heterocycles. The maximum Gasteiger partial charge on any atom is 0.233 e. The van der Waals surface area contributed by atoms with Crippen LogP contribution in [0.25, 0.3) is 0 Å². The van der Waals surface area contributed by atoms with Crippen LogP contribution in [0.3, 0.4) is 0 Å². The van der Waals surface area contributed by atoms with Crippen molar-refractivity contribution < 1.29 is 4.79 Å². The van der Waals surface area contributed by atoms with Gasteiger partial charge in [0.25, 0.3) is 0 Å². The molecule has 3 aromatic rings. The molecule has 0 atom stereocenters. The summed E-state index contributed by atoms with van der Waals surface area (Å²) >= 11 is 3.07. The lowest BCUT2D eigenvalue weighted by Crippen LogP contribution is -2.49. The number of aromatic nitrogens is 5. The Labute approximate surface area is 165 Å². The van der Waals surface area contributed by atoms with Crippen molar-refractivity contribution in [3.05, 3.63) is 46.7 Å². The van der Waals surface area contributed by atoms with Crippen LogP contribution < -0.4 is 4.90 Å². The lowest BCUT2D eigenvalue weighted by molar-refractivity contribution is -0.128. The lowest BCUT2D eigenvalue weighted by Gasteiger charge is -2.34. The largest absolute Gasteiger partial charge is 0.338 e. The zero-order valence-corrected chi connectivity index (χ0v) is 16.2. The first kappa shape index (κ1) is 17.9. The Bertz CT molecular complexity index is 861. The Balaban J connectivity index is 1.24. The molecular weight excluding hydrogens is 382 g/mol. The molecule has 0 aliphatic carbocycles. The molecule has 140 valence electrons. The van der Waals surface area contributed by atoms with Crippen molar-refractivity contribution in [1.82, 2.24) is 30.0 Å². The summed E-state index contributed by atoms with van der Waals surface area (Å²) < 4.78 is 0. The van der Waals surface area contributed by atoms with E-state index < -0.39 is 0 Å². The van der Waals surface area contributed by atoms with Gasteiger partial charge in [0.2, 0.25) is 17.0 Å². The van der Waals surface area contributed by atoms with Crippen molar-refractivity contribution >= 4 is 35.0 Å². The fourth-order valence-electron chi connectivity index (χ4n) is 2.83. The van der Waals surface area contributed by atoms with Crippen LogP contribution in [0.2, 0.25) is 0 Å². The molecule has 1 aliphatic rings. The van der Waals surface area contributed by atoms with Crippen LogP contribution in [-0.4, -0.2) is 67.9 Å². The number of nitrogens with one attached hydrogen (secondary N) is 1. The average molecular weight is 402 g/mol. The van der Waals surface area contributed by atoms with Crippen LogP contribution in [0.1, 0.15) is 10.7 Å². The zero-order chi connectivity index (χ0) is 18.5. The van der Waals surface area contributed by atoms with Gasteiger partial charge in [0, 0.05) is 49.9 Å². The second kappa shape index (κ2) is 8.49. The highest BCUT2D eigenvalue weighted by Crippen LogP contribution is 2.17. The number of hydrogen-bond donors (Lipinski definition) is 1. The summed E-state index contributed by atoms with van der Waals surface area (Å²) in [5.74, 6) is 2.00. The molecule has 1 N–H and O–H groups in total. The Hall–Kier alpha value is -2.46. The predicted octanol–water partition coefficient (Wildman–Crippen LogP) is 1.69. The van der Waals surface area contributed by atoms with Gasteiger partial charge in [-0.25, -0.2) is 15.0 Å². The molecule has 1 aliphatic heterocycles. The van der Waals surface area contributed by atoms with Gasteiger partial charge in [-0.1, -0.05) is 17.8 Å². The van der Waals surface area contributed by atoms with Crippen molar-refractivity contribution in [2.75, 3.05) is 36.8 Å². The highest BCUT2D eigenvalue weighted by atomic mass is 32.2. The molecule has 1 amide bonds. The average Bonchev–Trinajstić information content (AvgIpc) is 3.39. The van der Waals surface area contributed by atoms with Gasteiger partial charge in [-0.05, 0) is 17.5 Å². The van der Waals surface area contributed by atoms with Crippen molar-refractivity contribution in [3.63, 3.8) is 0 Å². The van der Waals surface area contributed by atoms with Crippen molar-refractivity contribution in [2.45, 2.75) is 11.6 Å². The first-order valence-corrected chi connectivity index (χ1v) is 10.5. The number of hydrogen-bond acceptors (Lipinski definition) is 8. The van der Waals surface area contributed by atoms with E-state index in [2.05, 4.69) is 36.1 Å². The van der Waals surface area contributed by atoms with Crippen LogP contribution in [-0.2, 0) is 11.2 Å². The fourth-order valence-corrected chi connectivity index (χ4v) is 4.26. The van der Waals surface area contributed by atoms with Crippen LogP contribution in [0.5, 0.6) is 0 Å². The quantitative estimate of drug-likeness (QED) is 0.629. The molecule has 10 heteroatoms. The van der Waals surface area contributed by atoms with E-state index in [1.54, 1.807) is 29.8 Å². The molecule has 4 rings (SSSR count). The monoisotopic (exact) mass is 401 g/mol. The normalized spacial score (nSPS) is 14.5. The van der Waals surface area contributed by atoms with Gasteiger partial charge in [0.15, 0.2) is 0 Å². The molecule has 3 aromatic heterocycles. The van der Waals surface area contributed by atoms with Gasteiger partial charge >= 0.3 is 0 Å². The first-order valence-electron chi connectivity index (χ1n) is 8.64. The van der Waals surface area contributed by atoms with E-state index in [9.17, 15) is 4.79 Å². The van der Waals surface area contributed by atoms with Crippen LogP contribution in [0.4, 0.5) is 5.95 Å². The number of piperazine rings is 1. The number of carbonyl (C=O) groups is 1. The third kappa shape index (κ3) is 4.64. The van der Waals surface area contributed by atoms with E-state index in [0.717, 1.165) is 31.3 Å². The summed E-state index contributed by atoms with van der Waals surface area (Å²) in [6.45, 7) is 2.84. The van der Waals surface area contributed by atoms with Crippen molar-refractivity contribution in [2.24, 2.45) is 0 Å². The van der Waals surface area contributed by atoms with E-state index in [-0.39, 0.29) is 5.91 Å². The maximum absolute atomic E-state index is 12.5. The third-order valence-electron chi connectivity index (χ3n) is 4.23. The van der Waals surface area contributed by atoms with Gasteiger partial charge in [-0.3, -0.25) is 9.89 Å². The highest BCUT2D eigenvalue weighted by Gasteiger charge is 2.22. The summed E-state index contributed by atoms with van der Waals surface area (Å²) in [5.41, 5.74) is 0. The minimum atomic E-state index is 0.109. The van der Waals surface area contributed by atoms with E-state index in [1.807, 2.05) is 16.3 Å². The fraction of sp³-hybridized carbons (Fsp3) is 0.353. The molecule has 0 radical (unpaired) electrons. The van der Waals surface area contributed by atoms with Crippen molar-refractivity contribution in [1.29, 1.82) is 0 Å². The van der Waals surface area contributed by atoms with Gasteiger partial charge in [-0.15, -0.1) is 16.4 Å². The highest BCUT2D eigenvalue weighted by molar-refractivity contribution is 7.99. The molecule has 1 saturated heterocycles. The van der Waals surface area contributed by atoms with Crippen LogP contribution in [0.15, 0.2) is 41.1 Å². The SMILES string of the molecule is O=C(CSc1n[nH]c(Cc2cccs2)n1)N1CCN(c2ncccn2)CC1. The van der Waals surface area contributed by atoms with Crippen LogP contribution >= 0.6 is 23.1 Å². The molecule has 0 unspecified atom stereocenters. The number of aromatic amines is 1. The number of H-pyrrole nitrogens is 1. The van der Waals surface area contributed by atoms with Crippen LogP contribution in [0, 0.1) is 0 Å². The van der Waals surface area contributed by atoms with Gasteiger partial charge in [-0.2, -0.15) is 0 Å². The van der Waals surface area contributed by atoms with Gasteiger partial charge in [0.05, 0.1) is 5.75 Å². The predicted molar refractivity (Wildman–Crippen MR) is 105 cm³/mol. The molecule has 0 spiro atoms. The Morgan fingerprint density at radius 1 is 1.19 bits per heavy atom. The summed E-state index contributed by atoms with van der Waals surface area (Å²) in [5, 5.41) is 9.81. The first-order chi connectivity index (χ1) is 13.3. The van der Waals surface area contributed by atoms with E-state index in [0.29, 0.717) is 24.0 Å². The number of amides is 1. The number of rotatable bonds is 6. The molecule has 0 saturated carbocycles. The Morgan fingerprint density at radius 3 is 2.74 bits per heavy atom. The maximum atomic E-state index is 12.5. The minimum Gasteiger partial charge on any atom is -0.338 e. The molecule has 0 aromatic carbocycles. The lowest BCUT2D eigenvalue weighted by atomic mass is 10.3. The van der Waals surface area contributed by atoms with E-state index >= 15 is 0 Å². The molecule has 8 nitrogen and oxygen atoms in total. The number of nitrogens with zero attached hydrogens (tertiary/aromatic N) is 6. The molecule has 1 fully saturated rings. The standard InChI is InChI=1S/C17H19N7OS2/c25-15(23-6-8-24(9-7-23)16-18-4-2-5-19-16)12-27-17-20-14(21-22-17)11-13-3-1-10-26-13/h1-5,10H,6-9,11-12H2,(H,20,21,22). The third-order valence-corrected chi connectivity index (χ3v) is 5.93. The number of carbonyl (C=O) groups excluding carboxylic acids is 1. The Morgan fingerprint density at radius 2 is 2.00 bits per heavy atom. The summed E-state index contributed by atoms with van der Waals surface area (Å²) in [4.78, 5) is 30.7. The summed E-state index contributed by atoms with van der Waals surface area (Å²) in [7, 11) is 0. The number of thioether (sulfide) groups is 1. The minimum absolute atomic E-state index is 0.109. The Kier molecular flexibility index (Phi) is 5.64. The van der Waals surface area contributed by atoms with Gasteiger partial charge < -0.3 is 9.80 Å². The second-order valence-electron chi connectivity index (χ2n) is 6.03. The molecular formula is C17H19N7OS2. The second-order valence-corrected chi connectivity index (χ2v) is 8.00. The zero-order valence-electron chi connectivity index (χ0n) is 14.6. The van der Waals surface area contributed by atoms with Gasteiger partial charge in [0.1, 0.15) is 5.82 Å². The van der Waals surface area contributed by atoms with E-state index in [4.69, 9.17) is 0 Å². The summed E-state index contributed by atoms with van der Waals surface area (Å²) in [6.07, 6.45) is 4.21.